The Labute approximate surface area is 184 Å². The van der Waals surface area contributed by atoms with Gasteiger partial charge in [0.1, 0.15) is 23.9 Å². The third kappa shape index (κ3) is 5.44. The van der Waals surface area contributed by atoms with Gasteiger partial charge in [-0.2, -0.15) is 0 Å². The van der Waals surface area contributed by atoms with Crippen molar-refractivity contribution < 1.29 is 9.47 Å². The molecule has 2 heterocycles. The molecule has 0 amide bonds. The highest BCUT2D eigenvalue weighted by atomic mass is 35.5. The maximum absolute atomic E-state index is 6.33. The van der Waals surface area contributed by atoms with Gasteiger partial charge in [-0.25, -0.2) is 0 Å². The van der Waals surface area contributed by atoms with Gasteiger partial charge in [-0.3, -0.25) is 4.90 Å². The average molecular weight is 432 g/mol. The van der Waals surface area contributed by atoms with E-state index in [2.05, 4.69) is 43.0 Å². The lowest BCUT2D eigenvalue weighted by Crippen LogP contribution is -2.33. The van der Waals surface area contributed by atoms with Gasteiger partial charge in [-0.1, -0.05) is 32.4 Å². The Hall–Kier alpha value is -1.75. The molecule has 5 heteroatoms. The summed E-state index contributed by atoms with van der Waals surface area (Å²) >= 11 is 1.82. The molecule has 3 nitrogen and oxygen atoms in total. The molecule has 0 saturated carbocycles. The molecule has 4 rings (SSSR count). The number of ether oxygens (including phenoxy) is 2. The zero-order valence-electron chi connectivity index (χ0n) is 17.2. The fraction of sp³-hybridized carbons (Fsp3) is 0.417. The maximum Gasteiger partial charge on any atom is 0.149 e. The fourth-order valence-corrected chi connectivity index (χ4v) is 4.86. The van der Waals surface area contributed by atoms with Crippen LogP contribution in [0.5, 0.6) is 17.2 Å². The van der Waals surface area contributed by atoms with E-state index >= 15 is 0 Å². The second kappa shape index (κ2) is 10.3. The lowest BCUT2D eigenvalue weighted by atomic mass is 10.1. The second-order valence-electron chi connectivity index (χ2n) is 7.77. The quantitative estimate of drug-likeness (QED) is 0.398. The van der Waals surface area contributed by atoms with Crippen LogP contribution in [-0.2, 0) is 0 Å². The van der Waals surface area contributed by atoms with Crippen LogP contribution in [0.25, 0.3) is 10.1 Å². The summed E-state index contributed by atoms with van der Waals surface area (Å²) in [5.41, 5.74) is 0. The summed E-state index contributed by atoms with van der Waals surface area (Å²) < 4.78 is 13.5. The molecule has 1 fully saturated rings. The van der Waals surface area contributed by atoms with E-state index in [0.29, 0.717) is 5.92 Å². The van der Waals surface area contributed by atoms with E-state index in [0.717, 1.165) is 30.4 Å². The minimum Gasteiger partial charge on any atom is -0.492 e. The summed E-state index contributed by atoms with van der Waals surface area (Å²) in [6.45, 7) is 8.61. The molecule has 156 valence electrons. The van der Waals surface area contributed by atoms with Crippen molar-refractivity contribution >= 4 is 33.8 Å². The molecule has 0 unspecified atom stereocenters. The van der Waals surface area contributed by atoms with Crippen LogP contribution in [0.4, 0.5) is 0 Å². The van der Waals surface area contributed by atoms with Gasteiger partial charge >= 0.3 is 0 Å². The highest BCUT2D eigenvalue weighted by Crippen LogP contribution is 2.43. The Kier molecular flexibility index (Phi) is 7.82. The van der Waals surface area contributed by atoms with Crippen molar-refractivity contribution in [3.63, 3.8) is 0 Å². The van der Waals surface area contributed by atoms with E-state index in [1.165, 1.54) is 47.3 Å². The molecule has 0 atom stereocenters. The van der Waals surface area contributed by atoms with Crippen molar-refractivity contribution in [2.24, 2.45) is 0 Å². The van der Waals surface area contributed by atoms with E-state index in [1.54, 1.807) is 0 Å². The van der Waals surface area contributed by atoms with Crippen LogP contribution in [0, 0.1) is 0 Å². The molecule has 0 radical (unpaired) electrons. The van der Waals surface area contributed by atoms with Crippen LogP contribution in [0.15, 0.2) is 48.5 Å². The molecule has 2 aromatic carbocycles. The number of likely N-dealkylation sites (tertiary alicyclic amines) is 1. The van der Waals surface area contributed by atoms with Crippen LogP contribution in [0.1, 0.15) is 43.9 Å². The number of benzene rings is 2. The van der Waals surface area contributed by atoms with Crippen LogP contribution in [0.2, 0.25) is 0 Å². The fourth-order valence-electron chi connectivity index (χ4n) is 3.72. The number of hydrogen-bond donors (Lipinski definition) is 0. The van der Waals surface area contributed by atoms with E-state index < -0.39 is 0 Å². The van der Waals surface area contributed by atoms with E-state index in [9.17, 15) is 0 Å². The number of thiophene rings is 1. The van der Waals surface area contributed by atoms with E-state index in [4.69, 9.17) is 9.47 Å². The molecule has 1 saturated heterocycles. The highest BCUT2D eigenvalue weighted by molar-refractivity contribution is 7.19. The molecule has 1 aliphatic rings. The first-order valence-corrected chi connectivity index (χ1v) is 11.2. The van der Waals surface area contributed by atoms with Crippen molar-refractivity contribution in [3.05, 3.63) is 53.4 Å². The van der Waals surface area contributed by atoms with Gasteiger partial charge in [0.15, 0.2) is 0 Å². The third-order valence-electron chi connectivity index (χ3n) is 5.27. The molecular weight excluding hydrogens is 402 g/mol. The molecule has 0 spiro atoms. The van der Waals surface area contributed by atoms with Crippen molar-refractivity contribution in [3.8, 4) is 17.2 Å². The Morgan fingerprint density at radius 3 is 2.34 bits per heavy atom. The zero-order valence-corrected chi connectivity index (χ0v) is 18.9. The molecular formula is C24H30ClNO2S. The van der Waals surface area contributed by atoms with E-state index in [-0.39, 0.29) is 12.4 Å². The number of piperidine rings is 1. The molecule has 1 aliphatic heterocycles. The molecule has 29 heavy (non-hydrogen) atoms. The van der Waals surface area contributed by atoms with Crippen LogP contribution in [0.3, 0.4) is 0 Å². The minimum atomic E-state index is 0. The first-order chi connectivity index (χ1) is 13.7. The standard InChI is InChI=1S/C24H29NO2S.ClH/c1-18(2)24-23(21-8-4-5-9-22(21)28-24)27-20-12-10-19(11-13-20)26-17-16-25-14-6-3-7-15-25;/h4-5,8-13,18H,3,6-7,14-17H2,1-2H3;1H. The summed E-state index contributed by atoms with van der Waals surface area (Å²) in [5, 5.41) is 1.19. The number of halogens is 1. The largest absolute Gasteiger partial charge is 0.492 e. The number of fused-ring (bicyclic) bond motifs is 1. The molecule has 0 bridgehead atoms. The van der Waals surface area contributed by atoms with Crippen molar-refractivity contribution in [1.29, 1.82) is 0 Å². The molecule has 0 N–H and O–H groups in total. The van der Waals surface area contributed by atoms with Crippen molar-refractivity contribution in [2.75, 3.05) is 26.2 Å². The van der Waals surface area contributed by atoms with Crippen LogP contribution < -0.4 is 9.47 Å². The monoisotopic (exact) mass is 431 g/mol. The lowest BCUT2D eigenvalue weighted by molar-refractivity contribution is 0.183. The van der Waals surface area contributed by atoms with E-state index in [1.807, 2.05) is 35.6 Å². The summed E-state index contributed by atoms with van der Waals surface area (Å²) in [4.78, 5) is 3.79. The first kappa shape index (κ1) is 21.9. The van der Waals surface area contributed by atoms with Crippen molar-refractivity contribution in [2.45, 2.75) is 39.0 Å². The van der Waals surface area contributed by atoms with Gasteiger partial charge < -0.3 is 9.47 Å². The van der Waals surface area contributed by atoms with Gasteiger partial charge in [0.25, 0.3) is 0 Å². The third-order valence-corrected chi connectivity index (χ3v) is 6.72. The molecule has 3 aromatic rings. The Morgan fingerprint density at radius 2 is 1.62 bits per heavy atom. The Bertz CT molecular complexity index is 901. The van der Waals surface area contributed by atoms with Crippen molar-refractivity contribution in [1.82, 2.24) is 4.90 Å². The smallest absolute Gasteiger partial charge is 0.149 e. The highest BCUT2D eigenvalue weighted by Gasteiger charge is 2.17. The number of rotatable bonds is 7. The number of hydrogen-bond acceptors (Lipinski definition) is 4. The normalized spacial score (nSPS) is 14.7. The van der Waals surface area contributed by atoms with Gasteiger partial charge in [0, 0.05) is 16.6 Å². The Morgan fingerprint density at radius 1 is 0.931 bits per heavy atom. The predicted octanol–water partition coefficient (Wildman–Crippen LogP) is 7.10. The minimum absolute atomic E-state index is 0. The number of nitrogens with zero attached hydrogens (tertiary/aromatic N) is 1. The summed E-state index contributed by atoms with van der Waals surface area (Å²) in [6, 6.07) is 16.5. The summed E-state index contributed by atoms with van der Waals surface area (Å²) in [6.07, 6.45) is 4.01. The predicted molar refractivity (Wildman–Crippen MR) is 125 cm³/mol. The zero-order chi connectivity index (χ0) is 19.3. The van der Waals surface area contributed by atoms with Gasteiger partial charge in [-0.15, -0.1) is 23.7 Å². The first-order valence-electron chi connectivity index (χ1n) is 10.4. The van der Waals surface area contributed by atoms with Gasteiger partial charge in [-0.05, 0) is 68.2 Å². The lowest BCUT2D eigenvalue weighted by Gasteiger charge is -2.26. The van der Waals surface area contributed by atoms with Crippen LogP contribution in [-0.4, -0.2) is 31.1 Å². The SMILES string of the molecule is CC(C)c1sc2ccccc2c1Oc1ccc(OCCN2CCCCC2)cc1.Cl. The Balaban J connectivity index is 0.00000240. The van der Waals surface area contributed by atoms with Gasteiger partial charge in [0.05, 0.1) is 4.88 Å². The maximum atomic E-state index is 6.33. The van der Waals surface area contributed by atoms with Gasteiger partial charge in [0.2, 0.25) is 0 Å². The topological polar surface area (TPSA) is 21.7 Å². The molecule has 1 aromatic heterocycles. The summed E-state index contributed by atoms with van der Waals surface area (Å²) in [5.74, 6) is 3.19. The summed E-state index contributed by atoms with van der Waals surface area (Å²) in [7, 11) is 0. The molecule has 0 aliphatic carbocycles. The van der Waals surface area contributed by atoms with Crippen LogP contribution >= 0.6 is 23.7 Å². The average Bonchev–Trinajstić information content (AvgIpc) is 3.09. The second-order valence-corrected chi connectivity index (χ2v) is 8.85.